The Kier molecular flexibility index (Phi) is 3.82. The molecular weight excluding hydrogens is 188 g/mol. The summed E-state index contributed by atoms with van der Waals surface area (Å²) in [5.41, 5.74) is 0. The van der Waals surface area contributed by atoms with Crippen LogP contribution in [0.5, 0.6) is 0 Å². The Hall–Kier alpha value is -0.280. The third-order valence-electron chi connectivity index (χ3n) is 1.50. The third-order valence-corrected chi connectivity index (χ3v) is 3.65. The molecule has 66 valence electrons. The Balaban J connectivity index is 2.32. The van der Waals surface area contributed by atoms with Crippen LogP contribution in [0.15, 0.2) is 21.7 Å². The average molecular weight is 200 g/mol. The minimum Gasteiger partial charge on any atom is -0.298 e. The van der Waals surface area contributed by atoms with Crippen LogP contribution in [-0.4, -0.2) is 11.5 Å². The van der Waals surface area contributed by atoms with Gasteiger partial charge in [-0.1, -0.05) is 19.9 Å². The normalized spacial score (nSPS) is 10.6. The molecule has 1 aromatic heterocycles. The van der Waals surface area contributed by atoms with Crippen molar-refractivity contribution in [3.05, 3.63) is 17.5 Å². The molecule has 0 spiro atoms. The Morgan fingerprint density at radius 2 is 2.42 bits per heavy atom. The highest BCUT2D eigenvalue weighted by molar-refractivity contribution is 8.01. The molecular formula is C9H12OS2. The van der Waals surface area contributed by atoms with Crippen molar-refractivity contribution in [2.75, 3.05) is 5.75 Å². The van der Waals surface area contributed by atoms with Gasteiger partial charge in [-0.25, -0.2) is 0 Å². The fourth-order valence-electron chi connectivity index (χ4n) is 0.655. The van der Waals surface area contributed by atoms with Crippen molar-refractivity contribution in [1.82, 2.24) is 0 Å². The van der Waals surface area contributed by atoms with Crippen LogP contribution in [0, 0.1) is 5.92 Å². The van der Waals surface area contributed by atoms with E-state index in [-0.39, 0.29) is 5.92 Å². The molecule has 1 nitrogen and oxygen atoms in total. The van der Waals surface area contributed by atoms with Crippen LogP contribution in [-0.2, 0) is 4.79 Å². The molecule has 1 aromatic rings. The molecule has 0 fully saturated rings. The first kappa shape index (κ1) is 9.81. The fraction of sp³-hybridized carbons (Fsp3) is 0.444. The minimum atomic E-state index is 0.164. The smallest absolute Gasteiger partial charge is 0.145 e. The second-order valence-electron chi connectivity index (χ2n) is 2.84. The van der Waals surface area contributed by atoms with E-state index in [0.717, 1.165) is 0 Å². The van der Waals surface area contributed by atoms with Gasteiger partial charge in [-0.3, -0.25) is 4.79 Å². The highest BCUT2D eigenvalue weighted by Crippen LogP contribution is 2.23. The van der Waals surface area contributed by atoms with Gasteiger partial charge in [-0.2, -0.15) is 0 Å². The molecule has 0 aromatic carbocycles. The maximum atomic E-state index is 11.2. The van der Waals surface area contributed by atoms with Crippen molar-refractivity contribution >= 4 is 28.9 Å². The van der Waals surface area contributed by atoms with E-state index in [9.17, 15) is 4.79 Å². The summed E-state index contributed by atoms with van der Waals surface area (Å²) in [4.78, 5) is 11.2. The summed E-state index contributed by atoms with van der Waals surface area (Å²) in [5.74, 6) is 1.10. The largest absolute Gasteiger partial charge is 0.298 e. The number of carbonyl (C=O) groups excluding carboxylic acids is 1. The molecule has 1 rings (SSSR count). The Bertz CT molecular complexity index is 239. The molecule has 0 N–H and O–H groups in total. The standard InChI is InChI=1S/C9H12OS2/c1-7(2)8(10)6-12-9-4-3-5-11-9/h3-5,7H,6H2,1-2H3. The van der Waals surface area contributed by atoms with E-state index in [1.165, 1.54) is 4.21 Å². The number of thioether (sulfide) groups is 1. The first-order valence-electron chi connectivity index (χ1n) is 3.89. The summed E-state index contributed by atoms with van der Waals surface area (Å²) in [6.45, 7) is 3.88. The Morgan fingerprint density at radius 1 is 1.67 bits per heavy atom. The zero-order chi connectivity index (χ0) is 8.97. The molecule has 0 radical (unpaired) electrons. The molecule has 0 atom stereocenters. The van der Waals surface area contributed by atoms with Gasteiger partial charge in [0.1, 0.15) is 5.78 Å². The molecule has 0 amide bonds. The molecule has 0 unspecified atom stereocenters. The molecule has 0 aliphatic carbocycles. The lowest BCUT2D eigenvalue weighted by molar-refractivity contribution is -0.119. The molecule has 3 heteroatoms. The summed E-state index contributed by atoms with van der Waals surface area (Å²) in [6, 6.07) is 4.05. The number of hydrogen-bond donors (Lipinski definition) is 0. The van der Waals surface area contributed by atoms with Gasteiger partial charge in [-0.15, -0.1) is 23.1 Å². The highest BCUT2D eigenvalue weighted by atomic mass is 32.2. The minimum absolute atomic E-state index is 0.164. The first-order chi connectivity index (χ1) is 5.70. The predicted octanol–water partition coefficient (Wildman–Crippen LogP) is 3.07. The van der Waals surface area contributed by atoms with Crippen molar-refractivity contribution in [3.8, 4) is 0 Å². The lowest BCUT2D eigenvalue weighted by Gasteiger charge is -2.01. The summed E-state index contributed by atoms with van der Waals surface area (Å²) < 4.78 is 1.23. The second kappa shape index (κ2) is 4.67. The third kappa shape index (κ3) is 2.99. The molecule has 1 heterocycles. The average Bonchev–Trinajstić information content (AvgIpc) is 2.51. The van der Waals surface area contributed by atoms with Crippen LogP contribution >= 0.6 is 23.1 Å². The van der Waals surface area contributed by atoms with E-state index in [1.54, 1.807) is 23.1 Å². The van der Waals surface area contributed by atoms with Crippen LogP contribution in [0.4, 0.5) is 0 Å². The number of thiophene rings is 1. The summed E-state index contributed by atoms with van der Waals surface area (Å²) in [6.07, 6.45) is 0. The zero-order valence-corrected chi connectivity index (χ0v) is 8.87. The monoisotopic (exact) mass is 200 g/mol. The van der Waals surface area contributed by atoms with Gasteiger partial charge < -0.3 is 0 Å². The topological polar surface area (TPSA) is 17.1 Å². The second-order valence-corrected chi connectivity index (χ2v) is 5.07. The van der Waals surface area contributed by atoms with E-state index in [0.29, 0.717) is 11.5 Å². The molecule has 0 aliphatic rings. The van der Waals surface area contributed by atoms with Crippen LogP contribution in [0.1, 0.15) is 13.8 Å². The van der Waals surface area contributed by atoms with Gasteiger partial charge in [0.15, 0.2) is 0 Å². The molecule has 0 aliphatic heterocycles. The lowest BCUT2D eigenvalue weighted by Crippen LogP contribution is -2.08. The van der Waals surface area contributed by atoms with Crippen LogP contribution in [0.3, 0.4) is 0 Å². The van der Waals surface area contributed by atoms with E-state index >= 15 is 0 Å². The van der Waals surface area contributed by atoms with Gasteiger partial charge in [0.25, 0.3) is 0 Å². The maximum absolute atomic E-state index is 11.2. The van der Waals surface area contributed by atoms with Gasteiger partial charge >= 0.3 is 0 Å². The predicted molar refractivity (Wildman–Crippen MR) is 54.9 cm³/mol. The summed E-state index contributed by atoms with van der Waals surface area (Å²) in [7, 11) is 0. The van der Waals surface area contributed by atoms with Crippen molar-refractivity contribution in [1.29, 1.82) is 0 Å². The van der Waals surface area contributed by atoms with Crippen LogP contribution in [0.2, 0.25) is 0 Å². The van der Waals surface area contributed by atoms with E-state index in [4.69, 9.17) is 0 Å². The van der Waals surface area contributed by atoms with Gasteiger partial charge in [0.05, 0.1) is 9.96 Å². The SMILES string of the molecule is CC(C)C(=O)CSc1cccs1. The fourth-order valence-corrected chi connectivity index (χ4v) is 2.51. The summed E-state index contributed by atoms with van der Waals surface area (Å²) >= 11 is 3.32. The van der Waals surface area contributed by atoms with Crippen LogP contribution < -0.4 is 0 Å². The highest BCUT2D eigenvalue weighted by Gasteiger charge is 2.07. The first-order valence-corrected chi connectivity index (χ1v) is 5.75. The van der Waals surface area contributed by atoms with Crippen molar-refractivity contribution in [3.63, 3.8) is 0 Å². The van der Waals surface area contributed by atoms with E-state index < -0.39 is 0 Å². The van der Waals surface area contributed by atoms with Crippen LogP contribution in [0.25, 0.3) is 0 Å². The molecule has 12 heavy (non-hydrogen) atoms. The summed E-state index contributed by atoms with van der Waals surface area (Å²) in [5, 5.41) is 2.03. The van der Waals surface area contributed by atoms with Crippen molar-refractivity contribution in [2.45, 2.75) is 18.1 Å². The quantitative estimate of drug-likeness (QED) is 0.695. The van der Waals surface area contributed by atoms with E-state index in [1.807, 2.05) is 31.4 Å². The molecule has 0 bridgehead atoms. The lowest BCUT2D eigenvalue weighted by atomic mass is 10.1. The molecule has 0 saturated carbocycles. The van der Waals surface area contributed by atoms with Crippen molar-refractivity contribution in [2.24, 2.45) is 5.92 Å². The zero-order valence-electron chi connectivity index (χ0n) is 7.24. The number of carbonyl (C=O) groups is 1. The maximum Gasteiger partial charge on any atom is 0.145 e. The van der Waals surface area contributed by atoms with Gasteiger partial charge in [0.2, 0.25) is 0 Å². The van der Waals surface area contributed by atoms with E-state index in [2.05, 4.69) is 0 Å². The van der Waals surface area contributed by atoms with Crippen molar-refractivity contribution < 1.29 is 4.79 Å². The Labute approximate surface area is 81.2 Å². The number of ketones is 1. The van der Waals surface area contributed by atoms with Gasteiger partial charge in [-0.05, 0) is 11.4 Å². The van der Waals surface area contributed by atoms with Gasteiger partial charge in [0, 0.05) is 5.92 Å². The molecule has 0 saturated heterocycles. The number of hydrogen-bond acceptors (Lipinski definition) is 3. The number of Topliss-reactive ketones (excluding diaryl/α,β-unsaturated/α-hetero) is 1. The number of rotatable bonds is 4. The Morgan fingerprint density at radius 3 is 2.92 bits per heavy atom.